The molecule has 1 saturated heterocycles. The van der Waals surface area contributed by atoms with E-state index in [9.17, 15) is 14.0 Å². The van der Waals surface area contributed by atoms with Crippen molar-refractivity contribution in [2.24, 2.45) is 0 Å². The van der Waals surface area contributed by atoms with E-state index in [-0.39, 0.29) is 41.3 Å². The Hall–Kier alpha value is -2.02. The molecule has 1 N–H and O–H groups in total. The molecule has 0 bridgehead atoms. The van der Waals surface area contributed by atoms with Crippen molar-refractivity contribution in [3.63, 3.8) is 0 Å². The molecule has 0 radical (unpaired) electrons. The monoisotopic (exact) mass is 372 g/mol. The van der Waals surface area contributed by atoms with Crippen molar-refractivity contribution in [3.8, 4) is 5.75 Å². The Kier molecular flexibility index (Phi) is 5.46. The molecule has 1 heterocycles. The number of halogens is 2. The van der Waals surface area contributed by atoms with E-state index in [0.29, 0.717) is 5.69 Å². The van der Waals surface area contributed by atoms with Gasteiger partial charge in [-0.25, -0.2) is 9.18 Å². The first-order valence-corrected chi connectivity index (χ1v) is 8.22. The van der Waals surface area contributed by atoms with Gasteiger partial charge in [0.15, 0.2) is 0 Å². The lowest BCUT2D eigenvalue weighted by Gasteiger charge is -2.40. The van der Waals surface area contributed by atoms with Crippen LogP contribution in [0.1, 0.15) is 39.2 Å². The van der Waals surface area contributed by atoms with Gasteiger partial charge in [0.1, 0.15) is 17.2 Å². The number of carbonyl (C=O) groups excluding carboxylic acids is 2. The van der Waals surface area contributed by atoms with Crippen LogP contribution < -0.4 is 10.1 Å². The minimum atomic E-state index is -0.610. The number of carbonyl (C=O) groups is 2. The van der Waals surface area contributed by atoms with Gasteiger partial charge in [-0.3, -0.25) is 4.79 Å². The number of nitrogens with zero attached hydrogens (tertiary/aromatic N) is 1. The number of rotatable bonds is 3. The fraction of sp³-hybridized carbons (Fsp3) is 0.529. The molecule has 1 fully saturated rings. The van der Waals surface area contributed by atoms with Crippen LogP contribution in [0.15, 0.2) is 6.07 Å². The second-order valence-electron chi connectivity index (χ2n) is 6.93. The quantitative estimate of drug-likeness (QED) is 0.876. The van der Waals surface area contributed by atoms with Gasteiger partial charge in [-0.05, 0) is 26.8 Å². The third-order valence-corrected chi connectivity index (χ3v) is 3.94. The van der Waals surface area contributed by atoms with Crippen molar-refractivity contribution in [3.05, 3.63) is 22.5 Å². The van der Waals surface area contributed by atoms with Gasteiger partial charge in [0, 0.05) is 31.5 Å². The molecule has 25 heavy (non-hydrogen) atoms. The molecule has 1 aromatic rings. The number of likely N-dealkylation sites (tertiary alicyclic amines) is 1. The molecule has 2 amide bonds. The molecular formula is C17H22ClFN2O4. The molecule has 0 aromatic heterocycles. The van der Waals surface area contributed by atoms with Crippen LogP contribution in [0.5, 0.6) is 5.75 Å². The molecule has 0 saturated carbocycles. The largest absolute Gasteiger partial charge is 0.494 e. The van der Waals surface area contributed by atoms with Crippen molar-refractivity contribution < 1.29 is 23.5 Å². The Morgan fingerprint density at radius 1 is 1.36 bits per heavy atom. The zero-order valence-corrected chi connectivity index (χ0v) is 15.7. The zero-order valence-electron chi connectivity index (χ0n) is 14.9. The summed E-state index contributed by atoms with van der Waals surface area (Å²) in [5.74, 6) is -1.02. The Bertz CT molecular complexity index is 697. The number of anilines is 1. The molecule has 1 aliphatic heterocycles. The van der Waals surface area contributed by atoms with Gasteiger partial charge in [0.25, 0.3) is 0 Å². The van der Waals surface area contributed by atoms with Crippen LogP contribution in [0.2, 0.25) is 5.02 Å². The molecule has 6 nitrogen and oxygen atoms in total. The van der Waals surface area contributed by atoms with Crippen LogP contribution >= 0.6 is 11.6 Å². The first kappa shape index (κ1) is 19.3. The average Bonchev–Trinajstić information content (AvgIpc) is 2.39. The molecular weight excluding hydrogens is 351 g/mol. The number of ether oxygens (including phenoxy) is 2. The summed E-state index contributed by atoms with van der Waals surface area (Å²) in [4.78, 5) is 24.9. The number of benzene rings is 1. The Morgan fingerprint density at radius 3 is 2.44 bits per heavy atom. The Morgan fingerprint density at radius 2 is 1.96 bits per heavy atom. The number of methoxy groups -OCH3 is 1. The molecule has 2 rings (SSSR count). The van der Waals surface area contributed by atoms with E-state index < -0.39 is 17.5 Å². The maximum atomic E-state index is 14.6. The van der Waals surface area contributed by atoms with E-state index in [1.54, 1.807) is 20.8 Å². The molecule has 8 heteroatoms. The second-order valence-corrected chi connectivity index (χ2v) is 7.34. The minimum Gasteiger partial charge on any atom is -0.494 e. The highest BCUT2D eigenvalue weighted by atomic mass is 35.5. The lowest BCUT2D eigenvalue weighted by molar-refractivity contribution is -0.114. The molecule has 1 aliphatic rings. The van der Waals surface area contributed by atoms with Crippen molar-refractivity contribution in [2.75, 3.05) is 25.5 Å². The average molecular weight is 373 g/mol. The number of nitrogens with one attached hydrogen (secondary N) is 1. The van der Waals surface area contributed by atoms with Crippen LogP contribution in [-0.2, 0) is 9.53 Å². The first-order valence-electron chi connectivity index (χ1n) is 7.85. The summed E-state index contributed by atoms with van der Waals surface area (Å²) < 4.78 is 25.2. The fourth-order valence-corrected chi connectivity index (χ4v) is 2.84. The summed E-state index contributed by atoms with van der Waals surface area (Å²) in [5.41, 5.74) is -0.0506. The summed E-state index contributed by atoms with van der Waals surface area (Å²) in [7, 11) is 1.39. The van der Waals surface area contributed by atoms with Crippen molar-refractivity contribution in [2.45, 2.75) is 39.2 Å². The third-order valence-electron chi connectivity index (χ3n) is 3.66. The molecule has 0 atom stereocenters. The van der Waals surface area contributed by atoms with Crippen LogP contribution in [0.4, 0.5) is 14.9 Å². The van der Waals surface area contributed by atoms with E-state index in [4.69, 9.17) is 21.1 Å². The van der Waals surface area contributed by atoms with Gasteiger partial charge in [-0.2, -0.15) is 0 Å². The van der Waals surface area contributed by atoms with Crippen LogP contribution in [0.25, 0.3) is 0 Å². The maximum absolute atomic E-state index is 14.6. The predicted octanol–water partition coefficient (Wildman–Crippen LogP) is 3.78. The zero-order chi connectivity index (χ0) is 18.9. The van der Waals surface area contributed by atoms with Gasteiger partial charge >= 0.3 is 6.09 Å². The van der Waals surface area contributed by atoms with E-state index >= 15 is 0 Å². The minimum absolute atomic E-state index is 0.115. The van der Waals surface area contributed by atoms with E-state index in [0.717, 1.165) is 0 Å². The maximum Gasteiger partial charge on any atom is 0.410 e. The van der Waals surface area contributed by atoms with Crippen molar-refractivity contribution >= 4 is 29.3 Å². The summed E-state index contributed by atoms with van der Waals surface area (Å²) >= 11 is 5.96. The highest BCUT2D eigenvalue weighted by Crippen LogP contribution is 2.43. The van der Waals surface area contributed by atoms with Gasteiger partial charge in [0.05, 0.1) is 17.8 Å². The van der Waals surface area contributed by atoms with Crippen molar-refractivity contribution in [1.82, 2.24) is 4.90 Å². The van der Waals surface area contributed by atoms with Crippen LogP contribution in [0.3, 0.4) is 0 Å². The van der Waals surface area contributed by atoms with Gasteiger partial charge < -0.3 is 19.7 Å². The van der Waals surface area contributed by atoms with Crippen molar-refractivity contribution in [1.29, 1.82) is 0 Å². The van der Waals surface area contributed by atoms with E-state index in [1.165, 1.54) is 25.0 Å². The summed E-state index contributed by atoms with van der Waals surface area (Å²) in [6.07, 6.45) is -0.452. The summed E-state index contributed by atoms with van der Waals surface area (Å²) in [5, 5.41) is 2.47. The molecule has 0 aliphatic carbocycles. The molecule has 138 valence electrons. The van der Waals surface area contributed by atoms with Gasteiger partial charge in [-0.15, -0.1) is 0 Å². The fourth-order valence-electron chi connectivity index (χ4n) is 2.63. The smallest absolute Gasteiger partial charge is 0.410 e. The standard InChI is InChI=1S/C17H22ClFN2O4/c1-9(22)20-12-6-11(18)14(19)13(15(12)24-5)10-7-21(8-10)16(23)25-17(2,3)4/h6,10H,7-8H2,1-5H3,(H,20,22). The third kappa shape index (κ3) is 4.34. The lowest BCUT2D eigenvalue weighted by atomic mass is 9.90. The number of hydrogen-bond acceptors (Lipinski definition) is 4. The summed E-state index contributed by atoms with van der Waals surface area (Å²) in [6, 6.07) is 1.31. The summed E-state index contributed by atoms with van der Waals surface area (Å²) in [6.45, 7) is 7.23. The highest BCUT2D eigenvalue weighted by Gasteiger charge is 2.38. The van der Waals surface area contributed by atoms with Crippen LogP contribution in [-0.4, -0.2) is 42.7 Å². The predicted molar refractivity (Wildman–Crippen MR) is 92.8 cm³/mol. The van der Waals surface area contributed by atoms with E-state index in [2.05, 4.69) is 5.32 Å². The highest BCUT2D eigenvalue weighted by molar-refractivity contribution is 6.31. The topological polar surface area (TPSA) is 67.9 Å². The lowest BCUT2D eigenvalue weighted by Crippen LogP contribution is -2.50. The number of amides is 2. The molecule has 1 aromatic carbocycles. The normalized spacial score (nSPS) is 14.8. The Labute approximate surface area is 151 Å². The number of hydrogen-bond donors (Lipinski definition) is 1. The van der Waals surface area contributed by atoms with Gasteiger partial charge in [0.2, 0.25) is 5.91 Å². The second kappa shape index (κ2) is 7.07. The SMILES string of the molecule is COc1c(NC(C)=O)cc(Cl)c(F)c1C1CN(C(=O)OC(C)(C)C)C1. The van der Waals surface area contributed by atoms with E-state index in [1.807, 2.05) is 0 Å². The van der Waals surface area contributed by atoms with Gasteiger partial charge in [-0.1, -0.05) is 11.6 Å². The molecule has 0 spiro atoms. The molecule has 0 unspecified atom stereocenters. The van der Waals surface area contributed by atoms with Crippen LogP contribution in [0, 0.1) is 5.82 Å². The first-order chi connectivity index (χ1) is 11.5. The Balaban J connectivity index is 2.24.